The lowest BCUT2D eigenvalue weighted by Gasteiger charge is -2.01. The highest BCUT2D eigenvalue weighted by molar-refractivity contribution is 5.82. The van der Waals surface area contributed by atoms with E-state index in [0.29, 0.717) is 0 Å². The van der Waals surface area contributed by atoms with Crippen LogP contribution in [0.2, 0.25) is 0 Å². The predicted octanol–water partition coefficient (Wildman–Crippen LogP) is 2.65. The summed E-state index contributed by atoms with van der Waals surface area (Å²) >= 11 is 0. The highest BCUT2D eigenvalue weighted by Gasteiger charge is 2.03. The summed E-state index contributed by atoms with van der Waals surface area (Å²) in [5, 5.41) is 3.00. The van der Waals surface area contributed by atoms with Gasteiger partial charge in [0.25, 0.3) is 0 Å². The number of benzene rings is 1. The molecule has 1 aromatic carbocycles. The van der Waals surface area contributed by atoms with E-state index in [1.54, 1.807) is 6.33 Å². The number of amidine groups is 1. The number of aromatic nitrogens is 2. The monoisotopic (exact) mass is 228 g/mol. The Labute approximate surface area is 101 Å². The predicted molar refractivity (Wildman–Crippen MR) is 70.6 cm³/mol. The zero-order valence-electron chi connectivity index (χ0n) is 10.3. The third-order valence-electron chi connectivity index (χ3n) is 2.63. The molecule has 0 amide bonds. The minimum atomic E-state index is 0.897. The van der Waals surface area contributed by atoms with E-state index in [-0.39, 0.29) is 0 Å². The number of nitrogens with one attached hydrogen (secondary N) is 2. The number of hydrogen-bond acceptors (Lipinski definition) is 2. The van der Waals surface area contributed by atoms with Crippen LogP contribution in [0.5, 0.6) is 0 Å². The van der Waals surface area contributed by atoms with Gasteiger partial charge in [-0.25, -0.2) is 9.98 Å². The maximum Gasteiger partial charge on any atom is 0.0988 e. The Balaban J connectivity index is 2.28. The molecule has 88 valence electrons. The zero-order chi connectivity index (χ0) is 12.3. The van der Waals surface area contributed by atoms with Gasteiger partial charge in [-0.15, -0.1) is 0 Å². The van der Waals surface area contributed by atoms with Crippen LogP contribution in [-0.2, 0) is 0 Å². The zero-order valence-corrected chi connectivity index (χ0v) is 10.3. The van der Waals surface area contributed by atoms with Gasteiger partial charge < -0.3 is 10.3 Å². The Bertz CT molecular complexity index is 523. The number of hydrogen-bond donors (Lipinski definition) is 2. The molecule has 0 aliphatic carbocycles. The van der Waals surface area contributed by atoms with Crippen LogP contribution in [0.1, 0.15) is 12.6 Å². The Hall–Kier alpha value is -2.10. The molecule has 4 nitrogen and oxygen atoms in total. The van der Waals surface area contributed by atoms with Gasteiger partial charge in [0.15, 0.2) is 0 Å². The van der Waals surface area contributed by atoms with Crippen molar-refractivity contribution in [3.8, 4) is 11.3 Å². The lowest BCUT2D eigenvalue weighted by Crippen LogP contribution is -2.12. The van der Waals surface area contributed by atoms with Crippen molar-refractivity contribution in [1.29, 1.82) is 0 Å². The highest BCUT2D eigenvalue weighted by atomic mass is 15.0. The molecular weight excluding hydrogens is 212 g/mol. The van der Waals surface area contributed by atoms with E-state index in [1.165, 1.54) is 0 Å². The summed E-state index contributed by atoms with van der Waals surface area (Å²) in [4.78, 5) is 11.8. The van der Waals surface area contributed by atoms with Crippen molar-refractivity contribution in [3.05, 3.63) is 36.3 Å². The molecule has 0 saturated carbocycles. The number of imidazole rings is 1. The Morgan fingerprint density at radius 2 is 2.00 bits per heavy atom. The highest BCUT2D eigenvalue weighted by Crippen LogP contribution is 2.22. The van der Waals surface area contributed by atoms with Crippen molar-refractivity contribution in [3.63, 3.8) is 0 Å². The molecule has 0 spiro atoms. The largest absolute Gasteiger partial charge is 0.377 e. The minimum Gasteiger partial charge on any atom is -0.377 e. The van der Waals surface area contributed by atoms with Gasteiger partial charge in [0, 0.05) is 18.3 Å². The normalized spacial score (nSPS) is 11.6. The SMILES string of the molecule is CN/C(C)=N/c1ccc(-c2nc[nH]c2C)cc1. The molecule has 2 N–H and O–H groups in total. The van der Waals surface area contributed by atoms with Crippen molar-refractivity contribution in [2.45, 2.75) is 13.8 Å². The summed E-state index contributed by atoms with van der Waals surface area (Å²) in [5.74, 6) is 0.897. The van der Waals surface area contributed by atoms with Crippen LogP contribution in [0.25, 0.3) is 11.3 Å². The van der Waals surface area contributed by atoms with Gasteiger partial charge in [0.2, 0.25) is 0 Å². The maximum absolute atomic E-state index is 4.40. The fourth-order valence-electron chi connectivity index (χ4n) is 1.59. The fraction of sp³-hybridized carbons (Fsp3) is 0.231. The average Bonchev–Trinajstić information content (AvgIpc) is 2.76. The van der Waals surface area contributed by atoms with Crippen LogP contribution in [0, 0.1) is 6.92 Å². The fourth-order valence-corrected chi connectivity index (χ4v) is 1.59. The number of rotatable bonds is 2. The molecule has 2 rings (SSSR count). The molecule has 0 bridgehead atoms. The first-order chi connectivity index (χ1) is 8.20. The Morgan fingerprint density at radius 1 is 1.29 bits per heavy atom. The quantitative estimate of drug-likeness (QED) is 0.613. The van der Waals surface area contributed by atoms with Crippen molar-refractivity contribution in [2.24, 2.45) is 4.99 Å². The minimum absolute atomic E-state index is 0.897. The molecule has 0 radical (unpaired) electrons. The second-order valence-electron chi connectivity index (χ2n) is 3.87. The molecule has 0 aliphatic heterocycles. The summed E-state index contributed by atoms with van der Waals surface area (Å²) in [6, 6.07) is 8.05. The van der Waals surface area contributed by atoms with Crippen LogP contribution in [0.4, 0.5) is 5.69 Å². The molecule has 17 heavy (non-hydrogen) atoms. The van der Waals surface area contributed by atoms with E-state index in [1.807, 2.05) is 45.2 Å². The van der Waals surface area contributed by atoms with E-state index >= 15 is 0 Å². The lowest BCUT2D eigenvalue weighted by atomic mass is 10.1. The van der Waals surface area contributed by atoms with Crippen molar-refractivity contribution in [1.82, 2.24) is 15.3 Å². The van der Waals surface area contributed by atoms with E-state index in [2.05, 4.69) is 20.3 Å². The first kappa shape index (κ1) is 11.4. The van der Waals surface area contributed by atoms with Gasteiger partial charge in [-0.05, 0) is 26.0 Å². The lowest BCUT2D eigenvalue weighted by molar-refractivity contribution is 1.15. The smallest absolute Gasteiger partial charge is 0.0988 e. The van der Waals surface area contributed by atoms with Gasteiger partial charge >= 0.3 is 0 Å². The van der Waals surface area contributed by atoms with Crippen molar-refractivity contribution in [2.75, 3.05) is 7.05 Å². The average molecular weight is 228 g/mol. The molecule has 1 aromatic heterocycles. The molecule has 0 aliphatic rings. The Morgan fingerprint density at radius 3 is 2.53 bits per heavy atom. The summed E-state index contributed by atoms with van der Waals surface area (Å²) < 4.78 is 0. The molecule has 1 heterocycles. The molecular formula is C13H16N4. The second-order valence-corrected chi connectivity index (χ2v) is 3.87. The molecule has 0 saturated heterocycles. The van der Waals surface area contributed by atoms with E-state index in [0.717, 1.165) is 28.5 Å². The van der Waals surface area contributed by atoms with E-state index in [9.17, 15) is 0 Å². The number of aromatic amines is 1. The Kier molecular flexibility index (Phi) is 3.23. The van der Waals surface area contributed by atoms with Crippen LogP contribution in [0.3, 0.4) is 0 Å². The number of aryl methyl sites for hydroxylation is 1. The number of aliphatic imine (C=N–C) groups is 1. The number of H-pyrrole nitrogens is 1. The van der Waals surface area contributed by atoms with Crippen molar-refractivity contribution < 1.29 is 0 Å². The topological polar surface area (TPSA) is 53.1 Å². The van der Waals surface area contributed by atoms with Crippen LogP contribution in [-0.4, -0.2) is 22.9 Å². The molecule has 0 fully saturated rings. The van der Waals surface area contributed by atoms with Gasteiger partial charge in [0.1, 0.15) is 0 Å². The summed E-state index contributed by atoms with van der Waals surface area (Å²) in [5.41, 5.74) is 4.11. The summed E-state index contributed by atoms with van der Waals surface area (Å²) in [6.45, 7) is 3.95. The van der Waals surface area contributed by atoms with E-state index < -0.39 is 0 Å². The molecule has 2 aromatic rings. The van der Waals surface area contributed by atoms with Crippen LogP contribution < -0.4 is 5.32 Å². The maximum atomic E-state index is 4.40. The second kappa shape index (κ2) is 4.82. The van der Waals surface area contributed by atoms with Gasteiger partial charge in [-0.3, -0.25) is 0 Å². The molecule has 0 unspecified atom stereocenters. The van der Waals surface area contributed by atoms with Crippen LogP contribution in [0.15, 0.2) is 35.6 Å². The molecule has 4 heteroatoms. The number of nitrogens with zero attached hydrogens (tertiary/aromatic N) is 2. The standard InChI is InChI=1S/C13H16N4/c1-9-13(16-8-15-9)11-4-6-12(7-5-11)17-10(2)14-3/h4-8H,1-3H3,(H,14,17)(H,15,16). The third-order valence-corrected chi connectivity index (χ3v) is 2.63. The first-order valence-electron chi connectivity index (χ1n) is 5.54. The van der Waals surface area contributed by atoms with Gasteiger partial charge in [-0.1, -0.05) is 12.1 Å². The van der Waals surface area contributed by atoms with Gasteiger partial charge in [0.05, 0.1) is 23.5 Å². The van der Waals surface area contributed by atoms with Crippen molar-refractivity contribution >= 4 is 11.5 Å². The van der Waals surface area contributed by atoms with E-state index in [4.69, 9.17) is 0 Å². The molecule has 0 atom stereocenters. The summed E-state index contributed by atoms with van der Waals surface area (Å²) in [6.07, 6.45) is 1.71. The summed E-state index contributed by atoms with van der Waals surface area (Å²) in [7, 11) is 1.86. The van der Waals surface area contributed by atoms with Crippen LogP contribution >= 0.6 is 0 Å². The first-order valence-corrected chi connectivity index (χ1v) is 5.54. The third kappa shape index (κ3) is 2.53. The van der Waals surface area contributed by atoms with Gasteiger partial charge in [-0.2, -0.15) is 0 Å².